The van der Waals surface area contributed by atoms with Gasteiger partial charge in [0.2, 0.25) is 0 Å². The van der Waals surface area contributed by atoms with Crippen molar-refractivity contribution >= 4 is 23.2 Å². The maximum absolute atomic E-state index is 6.06. The van der Waals surface area contributed by atoms with Crippen LogP contribution in [0, 0.1) is 0 Å². The highest BCUT2D eigenvalue weighted by atomic mass is 35.5. The summed E-state index contributed by atoms with van der Waals surface area (Å²) >= 11 is 11.9. The molecule has 1 aromatic rings. The van der Waals surface area contributed by atoms with Crippen molar-refractivity contribution in [3.8, 4) is 5.75 Å². The minimum atomic E-state index is 0.0458. The fourth-order valence-electron chi connectivity index (χ4n) is 2.13. The summed E-state index contributed by atoms with van der Waals surface area (Å²) in [5.74, 6) is 0.660. The summed E-state index contributed by atoms with van der Waals surface area (Å²) in [4.78, 5) is 2.29. The standard InChI is InChI=1S/C14H20Cl2N2O2/c1-10(17)14-9-18(5-7-20-14)4-6-19-13-3-2-11(15)8-12(13)16/h2-3,8,10,14H,4-7,9,17H2,1H3. The first-order valence-corrected chi connectivity index (χ1v) is 7.49. The molecule has 6 heteroatoms. The largest absolute Gasteiger partial charge is 0.491 e. The van der Waals surface area contributed by atoms with Crippen LogP contribution >= 0.6 is 23.2 Å². The Morgan fingerprint density at radius 2 is 2.30 bits per heavy atom. The number of nitrogens with zero attached hydrogens (tertiary/aromatic N) is 1. The molecule has 2 rings (SSSR count). The molecule has 1 aliphatic rings. The number of benzene rings is 1. The summed E-state index contributed by atoms with van der Waals surface area (Å²) in [5, 5.41) is 1.14. The number of morpholine rings is 1. The van der Waals surface area contributed by atoms with Crippen LogP contribution in [0.5, 0.6) is 5.75 Å². The van der Waals surface area contributed by atoms with Crippen LogP contribution < -0.4 is 10.5 Å². The molecule has 2 N–H and O–H groups in total. The Morgan fingerprint density at radius 1 is 1.50 bits per heavy atom. The number of nitrogens with two attached hydrogens (primary N) is 1. The monoisotopic (exact) mass is 318 g/mol. The van der Waals surface area contributed by atoms with Crippen molar-refractivity contribution < 1.29 is 9.47 Å². The van der Waals surface area contributed by atoms with E-state index in [1.165, 1.54) is 0 Å². The van der Waals surface area contributed by atoms with E-state index in [0.29, 0.717) is 29.0 Å². The van der Waals surface area contributed by atoms with Crippen LogP contribution in [-0.2, 0) is 4.74 Å². The smallest absolute Gasteiger partial charge is 0.138 e. The molecule has 0 amide bonds. The zero-order valence-electron chi connectivity index (χ0n) is 11.5. The SMILES string of the molecule is CC(N)C1CN(CCOc2ccc(Cl)cc2Cl)CCO1. The Kier molecular flexibility index (Phi) is 5.93. The highest BCUT2D eigenvalue weighted by Crippen LogP contribution is 2.27. The molecule has 1 saturated heterocycles. The summed E-state index contributed by atoms with van der Waals surface area (Å²) in [7, 11) is 0. The molecule has 1 aromatic carbocycles. The predicted octanol–water partition coefficient (Wildman–Crippen LogP) is 2.42. The van der Waals surface area contributed by atoms with Crippen molar-refractivity contribution in [2.24, 2.45) is 5.73 Å². The Labute approximate surface area is 129 Å². The third kappa shape index (κ3) is 4.50. The van der Waals surface area contributed by atoms with Gasteiger partial charge in [0.25, 0.3) is 0 Å². The summed E-state index contributed by atoms with van der Waals surface area (Å²) in [5.41, 5.74) is 5.87. The third-order valence-corrected chi connectivity index (χ3v) is 3.85. The molecule has 112 valence electrons. The van der Waals surface area contributed by atoms with Crippen LogP contribution in [0.15, 0.2) is 18.2 Å². The van der Waals surface area contributed by atoms with Gasteiger partial charge >= 0.3 is 0 Å². The van der Waals surface area contributed by atoms with E-state index in [0.717, 1.165) is 19.6 Å². The molecule has 1 fully saturated rings. The van der Waals surface area contributed by atoms with Gasteiger partial charge in [0.05, 0.1) is 17.7 Å². The second-order valence-electron chi connectivity index (χ2n) is 4.99. The van der Waals surface area contributed by atoms with Crippen molar-refractivity contribution in [2.75, 3.05) is 32.8 Å². The fraction of sp³-hybridized carbons (Fsp3) is 0.571. The van der Waals surface area contributed by atoms with Crippen molar-refractivity contribution in [2.45, 2.75) is 19.1 Å². The molecular formula is C14H20Cl2N2O2. The molecule has 2 unspecified atom stereocenters. The molecule has 2 atom stereocenters. The van der Waals surface area contributed by atoms with Crippen molar-refractivity contribution in [1.29, 1.82) is 0 Å². The van der Waals surface area contributed by atoms with E-state index in [4.69, 9.17) is 38.4 Å². The maximum Gasteiger partial charge on any atom is 0.138 e. The topological polar surface area (TPSA) is 47.7 Å². The lowest BCUT2D eigenvalue weighted by molar-refractivity contribution is -0.0402. The number of halogens is 2. The molecule has 0 bridgehead atoms. The average Bonchev–Trinajstić information content (AvgIpc) is 2.41. The molecule has 0 saturated carbocycles. The summed E-state index contributed by atoms with van der Waals surface area (Å²) in [6, 6.07) is 5.28. The minimum Gasteiger partial charge on any atom is -0.491 e. The van der Waals surface area contributed by atoms with E-state index < -0.39 is 0 Å². The lowest BCUT2D eigenvalue weighted by Crippen LogP contribution is -2.50. The van der Waals surface area contributed by atoms with Gasteiger partial charge in [0.15, 0.2) is 0 Å². The Balaban J connectivity index is 1.78. The van der Waals surface area contributed by atoms with Crippen LogP contribution in [0.1, 0.15) is 6.92 Å². The van der Waals surface area contributed by atoms with E-state index in [1.807, 2.05) is 6.92 Å². The Bertz CT molecular complexity index is 443. The molecular weight excluding hydrogens is 299 g/mol. The van der Waals surface area contributed by atoms with E-state index in [1.54, 1.807) is 18.2 Å². The molecule has 0 radical (unpaired) electrons. The lowest BCUT2D eigenvalue weighted by Gasteiger charge is -2.34. The van der Waals surface area contributed by atoms with Gasteiger partial charge in [0.1, 0.15) is 12.4 Å². The fourth-order valence-corrected chi connectivity index (χ4v) is 2.59. The van der Waals surface area contributed by atoms with Gasteiger partial charge in [-0.3, -0.25) is 4.90 Å². The lowest BCUT2D eigenvalue weighted by atomic mass is 10.1. The van der Waals surface area contributed by atoms with Crippen molar-refractivity contribution in [3.05, 3.63) is 28.2 Å². The first kappa shape index (κ1) is 15.9. The minimum absolute atomic E-state index is 0.0458. The predicted molar refractivity (Wildman–Crippen MR) is 81.8 cm³/mol. The molecule has 0 aliphatic carbocycles. The number of ether oxygens (including phenoxy) is 2. The number of hydrogen-bond donors (Lipinski definition) is 1. The molecule has 0 spiro atoms. The second kappa shape index (κ2) is 7.48. The van der Waals surface area contributed by atoms with Gasteiger partial charge < -0.3 is 15.2 Å². The molecule has 1 heterocycles. The van der Waals surface area contributed by atoms with E-state index in [-0.39, 0.29) is 12.1 Å². The first-order chi connectivity index (χ1) is 9.56. The molecule has 4 nitrogen and oxygen atoms in total. The number of hydrogen-bond acceptors (Lipinski definition) is 4. The molecule has 0 aromatic heterocycles. The van der Waals surface area contributed by atoms with E-state index >= 15 is 0 Å². The summed E-state index contributed by atoms with van der Waals surface area (Å²) < 4.78 is 11.3. The van der Waals surface area contributed by atoms with Gasteiger partial charge in [-0.05, 0) is 25.1 Å². The highest BCUT2D eigenvalue weighted by molar-refractivity contribution is 6.35. The van der Waals surface area contributed by atoms with Crippen LogP contribution in [0.2, 0.25) is 10.0 Å². The maximum atomic E-state index is 6.06. The zero-order valence-corrected chi connectivity index (χ0v) is 13.0. The summed E-state index contributed by atoms with van der Waals surface area (Å²) in [6.45, 7) is 5.83. The molecule has 20 heavy (non-hydrogen) atoms. The Morgan fingerprint density at radius 3 is 3.00 bits per heavy atom. The van der Waals surface area contributed by atoms with Crippen LogP contribution in [0.4, 0.5) is 0 Å². The number of rotatable bonds is 5. The average molecular weight is 319 g/mol. The second-order valence-corrected chi connectivity index (χ2v) is 5.84. The highest BCUT2D eigenvalue weighted by Gasteiger charge is 2.23. The van der Waals surface area contributed by atoms with Gasteiger partial charge in [-0.15, -0.1) is 0 Å². The quantitative estimate of drug-likeness (QED) is 0.905. The normalized spacial score (nSPS) is 21.7. The molecule has 1 aliphatic heterocycles. The Hall–Kier alpha value is -0.520. The van der Waals surface area contributed by atoms with Crippen molar-refractivity contribution in [3.63, 3.8) is 0 Å². The van der Waals surface area contributed by atoms with Gasteiger partial charge in [-0.2, -0.15) is 0 Å². The first-order valence-electron chi connectivity index (χ1n) is 6.73. The van der Waals surface area contributed by atoms with E-state index in [9.17, 15) is 0 Å². The van der Waals surface area contributed by atoms with Crippen molar-refractivity contribution in [1.82, 2.24) is 4.90 Å². The van der Waals surface area contributed by atoms with Gasteiger partial charge in [0, 0.05) is 30.7 Å². The van der Waals surface area contributed by atoms with Gasteiger partial charge in [-0.1, -0.05) is 23.2 Å². The van der Waals surface area contributed by atoms with Crippen LogP contribution in [0.25, 0.3) is 0 Å². The van der Waals surface area contributed by atoms with E-state index in [2.05, 4.69) is 4.90 Å². The third-order valence-electron chi connectivity index (χ3n) is 3.32. The van der Waals surface area contributed by atoms with Crippen LogP contribution in [-0.4, -0.2) is 49.9 Å². The van der Waals surface area contributed by atoms with Crippen LogP contribution in [0.3, 0.4) is 0 Å². The summed E-state index contributed by atoms with van der Waals surface area (Å²) in [6.07, 6.45) is 0.0999. The zero-order chi connectivity index (χ0) is 14.5. The van der Waals surface area contributed by atoms with Gasteiger partial charge in [-0.25, -0.2) is 0 Å².